The van der Waals surface area contributed by atoms with Gasteiger partial charge in [-0.1, -0.05) is 23.2 Å². The third-order valence-corrected chi connectivity index (χ3v) is 4.64. The predicted molar refractivity (Wildman–Crippen MR) is 106 cm³/mol. The monoisotopic (exact) mass is 404 g/mol. The minimum atomic E-state index is -0.356. The van der Waals surface area contributed by atoms with Crippen LogP contribution in [-0.2, 0) is 0 Å². The summed E-state index contributed by atoms with van der Waals surface area (Å²) < 4.78 is 0. The molecule has 6 nitrogen and oxygen atoms in total. The van der Waals surface area contributed by atoms with Crippen molar-refractivity contribution in [2.24, 2.45) is 0 Å². The Morgan fingerprint density at radius 2 is 1.89 bits per heavy atom. The van der Waals surface area contributed by atoms with Crippen LogP contribution in [0.1, 0.15) is 39.5 Å². The molecule has 2 amide bonds. The van der Waals surface area contributed by atoms with Gasteiger partial charge in [0.2, 0.25) is 0 Å². The maximum Gasteiger partial charge on any atom is 0.254 e. The van der Waals surface area contributed by atoms with E-state index in [1.807, 2.05) is 13.0 Å². The van der Waals surface area contributed by atoms with E-state index in [4.69, 9.17) is 23.2 Å². The summed E-state index contributed by atoms with van der Waals surface area (Å²) in [6.45, 7) is 1.82. The molecule has 3 aromatic rings. The molecule has 1 aromatic heterocycles. The Labute approximate surface area is 166 Å². The number of aromatic nitrogens is 2. The van der Waals surface area contributed by atoms with Crippen molar-refractivity contribution in [2.45, 2.75) is 13.0 Å². The number of rotatable bonds is 4. The molecule has 2 aromatic carbocycles. The molecule has 0 radical (unpaired) electrons. The summed E-state index contributed by atoms with van der Waals surface area (Å²) in [7, 11) is 3.28. The summed E-state index contributed by atoms with van der Waals surface area (Å²) in [5.41, 5.74) is 2.28. The number of carbonyl (C=O) groups is 2. The van der Waals surface area contributed by atoms with Crippen molar-refractivity contribution < 1.29 is 9.59 Å². The molecule has 8 heteroatoms. The van der Waals surface area contributed by atoms with E-state index in [0.29, 0.717) is 22.0 Å². The first-order chi connectivity index (χ1) is 12.8. The lowest BCUT2D eigenvalue weighted by Crippen LogP contribution is -2.27. The lowest BCUT2D eigenvalue weighted by molar-refractivity contribution is 0.0826. The minimum absolute atomic E-state index is 0.221. The standard InChI is InChI=1S/C19H18Cl2N4O2/c1-10(17-23-15-7-5-12(20)9-16(15)24-17)22-18(26)11-4-6-13(14(21)8-11)19(27)25(2)3/h4-10H,1-3H3,(H,22,26)(H,23,24)/t10-/m0/s1. The van der Waals surface area contributed by atoms with Gasteiger partial charge >= 0.3 is 0 Å². The van der Waals surface area contributed by atoms with Crippen molar-refractivity contribution in [3.05, 3.63) is 63.4 Å². The van der Waals surface area contributed by atoms with Gasteiger partial charge in [-0.2, -0.15) is 0 Å². The van der Waals surface area contributed by atoms with Gasteiger partial charge in [0, 0.05) is 24.7 Å². The van der Waals surface area contributed by atoms with Crippen LogP contribution >= 0.6 is 23.2 Å². The van der Waals surface area contributed by atoms with Gasteiger partial charge in [0.15, 0.2) is 0 Å². The number of fused-ring (bicyclic) bond motifs is 1. The number of imidazole rings is 1. The third-order valence-electron chi connectivity index (χ3n) is 4.09. The van der Waals surface area contributed by atoms with E-state index < -0.39 is 0 Å². The molecule has 0 fully saturated rings. The molecule has 3 rings (SSSR count). The predicted octanol–water partition coefficient (Wildman–Crippen LogP) is 4.06. The Kier molecular flexibility index (Phi) is 5.39. The molecule has 27 heavy (non-hydrogen) atoms. The summed E-state index contributed by atoms with van der Waals surface area (Å²) in [6.07, 6.45) is 0. The van der Waals surface area contributed by atoms with Crippen molar-refractivity contribution >= 4 is 46.0 Å². The van der Waals surface area contributed by atoms with Gasteiger partial charge < -0.3 is 15.2 Å². The second-order valence-corrected chi connectivity index (χ2v) is 7.22. The summed E-state index contributed by atoms with van der Waals surface area (Å²) >= 11 is 12.2. The number of amides is 2. The maximum atomic E-state index is 12.5. The van der Waals surface area contributed by atoms with Crippen LogP contribution in [0.25, 0.3) is 11.0 Å². The molecule has 0 spiro atoms. The number of nitrogens with one attached hydrogen (secondary N) is 2. The molecule has 140 valence electrons. The van der Waals surface area contributed by atoms with Crippen LogP contribution in [0.2, 0.25) is 10.0 Å². The SMILES string of the molecule is C[C@H](NC(=O)c1ccc(C(=O)N(C)C)c(Cl)c1)c1nc2cc(Cl)ccc2[nH]1. The van der Waals surface area contributed by atoms with Crippen LogP contribution in [0.4, 0.5) is 0 Å². The molecule has 0 unspecified atom stereocenters. The summed E-state index contributed by atoms with van der Waals surface area (Å²) in [6, 6.07) is 9.61. The Morgan fingerprint density at radius 1 is 1.15 bits per heavy atom. The fourth-order valence-electron chi connectivity index (χ4n) is 2.62. The second kappa shape index (κ2) is 7.58. The fourth-order valence-corrected chi connectivity index (χ4v) is 3.05. The Hall–Kier alpha value is -2.57. The van der Waals surface area contributed by atoms with Crippen LogP contribution in [0, 0.1) is 0 Å². The molecule has 0 aliphatic carbocycles. The highest BCUT2D eigenvalue weighted by molar-refractivity contribution is 6.34. The second-order valence-electron chi connectivity index (χ2n) is 6.37. The number of hydrogen-bond donors (Lipinski definition) is 2. The van der Waals surface area contributed by atoms with Crippen LogP contribution in [-0.4, -0.2) is 40.8 Å². The zero-order chi connectivity index (χ0) is 19.7. The first-order valence-corrected chi connectivity index (χ1v) is 8.99. The zero-order valence-electron chi connectivity index (χ0n) is 15.0. The van der Waals surface area contributed by atoms with Gasteiger partial charge in [-0.15, -0.1) is 0 Å². The molecule has 0 aliphatic heterocycles. The van der Waals surface area contributed by atoms with Gasteiger partial charge in [0.05, 0.1) is 27.7 Å². The van der Waals surface area contributed by atoms with Crippen molar-refractivity contribution in [3.8, 4) is 0 Å². The molecule has 0 saturated heterocycles. The molecule has 0 bridgehead atoms. The van der Waals surface area contributed by atoms with E-state index in [0.717, 1.165) is 11.0 Å². The highest BCUT2D eigenvalue weighted by Gasteiger charge is 2.18. The lowest BCUT2D eigenvalue weighted by atomic mass is 10.1. The summed E-state index contributed by atoms with van der Waals surface area (Å²) in [4.78, 5) is 33.6. The molecule has 1 atom stereocenters. The number of carbonyl (C=O) groups excluding carboxylic acids is 2. The summed E-state index contributed by atoms with van der Waals surface area (Å²) in [5, 5.41) is 3.69. The first kappa shape index (κ1) is 19.2. The van der Waals surface area contributed by atoms with Crippen LogP contribution in [0.15, 0.2) is 36.4 Å². The normalized spacial score (nSPS) is 12.0. The van der Waals surface area contributed by atoms with E-state index in [1.54, 1.807) is 38.4 Å². The van der Waals surface area contributed by atoms with E-state index >= 15 is 0 Å². The minimum Gasteiger partial charge on any atom is -0.345 e. The molecule has 2 N–H and O–H groups in total. The smallest absolute Gasteiger partial charge is 0.254 e. The Morgan fingerprint density at radius 3 is 2.56 bits per heavy atom. The molecule has 1 heterocycles. The lowest BCUT2D eigenvalue weighted by Gasteiger charge is -2.14. The highest BCUT2D eigenvalue weighted by Crippen LogP contribution is 2.22. The molecule has 0 saturated carbocycles. The largest absolute Gasteiger partial charge is 0.345 e. The number of hydrogen-bond acceptors (Lipinski definition) is 3. The van der Waals surface area contributed by atoms with Crippen molar-refractivity contribution in [3.63, 3.8) is 0 Å². The number of nitrogens with zero attached hydrogens (tertiary/aromatic N) is 2. The Balaban J connectivity index is 1.77. The van der Waals surface area contributed by atoms with Crippen molar-refractivity contribution in [2.75, 3.05) is 14.1 Å². The van der Waals surface area contributed by atoms with Crippen LogP contribution in [0.5, 0.6) is 0 Å². The molecule has 0 aliphatic rings. The fraction of sp³-hybridized carbons (Fsp3) is 0.211. The van der Waals surface area contributed by atoms with E-state index in [2.05, 4.69) is 15.3 Å². The average Bonchev–Trinajstić information content (AvgIpc) is 3.04. The molecular weight excluding hydrogens is 387 g/mol. The Bertz CT molecular complexity index is 1030. The number of benzene rings is 2. The molecular formula is C19H18Cl2N4O2. The van der Waals surface area contributed by atoms with Crippen molar-refractivity contribution in [1.29, 1.82) is 0 Å². The van der Waals surface area contributed by atoms with Gasteiger partial charge in [-0.05, 0) is 43.3 Å². The topological polar surface area (TPSA) is 78.1 Å². The van der Waals surface area contributed by atoms with Gasteiger partial charge in [0.1, 0.15) is 5.82 Å². The van der Waals surface area contributed by atoms with Gasteiger partial charge in [0.25, 0.3) is 11.8 Å². The van der Waals surface area contributed by atoms with E-state index in [1.165, 1.54) is 11.0 Å². The van der Waals surface area contributed by atoms with Crippen molar-refractivity contribution in [1.82, 2.24) is 20.2 Å². The summed E-state index contributed by atoms with van der Waals surface area (Å²) in [5.74, 6) is 0.0825. The maximum absolute atomic E-state index is 12.5. The third kappa shape index (κ3) is 4.07. The average molecular weight is 405 g/mol. The first-order valence-electron chi connectivity index (χ1n) is 8.23. The van der Waals surface area contributed by atoms with Crippen LogP contribution in [0.3, 0.4) is 0 Å². The quantitative estimate of drug-likeness (QED) is 0.687. The zero-order valence-corrected chi connectivity index (χ0v) is 16.5. The number of H-pyrrole nitrogens is 1. The van der Waals surface area contributed by atoms with Gasteiger partial charge in [-0.25, -0.2) is 4.98 Å². The van der Waals surface area contributed by atoms with Gasteiger partial charge in [-0.3, -0.25) is 9.59 Å². The number of aromatic amines is 1. The number of halogens is 2. The van der Waals surface area contributed by atoms with Crippen LogP contribution < -0.4 is 5.32 Å². The van der Waals surface area contributed by atoms with E-state index in [9.17, 15) is 9.59 Å². The highest BCUT2D eigenvalue weighted by atomic mass is 35.5. The van der Waals surface area contributed by atoms with E-state index in [-0.39, 0.29) is 22.9 Å².